The summed E-state index contributed by atoms with van der Waals surface area (Å²) >= 11 is 0. The Hall–Kier alpha value is -3.15. The predicted molar refractivity (Wildman–Crippen MR) is 105 cm³/mol. The molecule has 140 valence electrons. The number of carbonyl (C=O) groups excluding carboxylic acids is 1. The quantitative estimate of drug-likeness (QED) is 0.693. The fourth-order valence-corrected chi connectivity index (χ4v) is 2.78. The van der Waals surface area contributed by atoms with Crippen LogP contribution in [0.15, 0.2) is 53.5 Å². The second kappa shape index (κ2) is 8.49. The molecule has 0 bridgehead atoms. The summed E-state index contributed by atoms with van der Waals surface area (Å²) in [5, 5.41) is 2.88. The van der Waals surface area contributed by atoms with Crippen molar-refractivity contribution in [3.63, 3.8) is 0 Å². The molecule has 3 aromatic rings. The average molecular weight is 365 g/mol. The van der Waals surface area contributed by atoms with Gasteiger partial charge < -0.3 is 10.1 Å². The summed E-state index contributed by atoms with van der Waals surface area (Å²) in [5.41, 5.74) is 2.54. The van der Waals surface area contributed by atoms with Crippen molar-refractivity contribution in [1.82, 2.24) is 9.38 Å². The molecule has 2 aromatic heterocycles. The van der Waals surface area contributed by atoms with Crippen molar-refractivity contribution in [3.8, 4) is 5.75 Å². The smallest absolute Gasteiger partial charge is 0.258 e. The van der Waals surface area contributed by atoms with E-state index in [4.69, 9.17) is 4.74 Å². The van der Waals surface area contributed by atoms with Crippen molar-refractivity contribution in [3.05, 3.63) is 70.3 Å². The molecule has 27 heavy (non-hydrogen) atoms. The molecule has 1 amide bonds. The summed E-state index contributed by atoms with van der Waals surface area (Å²) in [5.74, 6) is 0.514. The van der Waals surface area contributed by atoms with Crippen molar-refractivity contribution in [2.45, 2.75) is 39.7 Å². The van der Waals surface area contributed by atoms with Gasteiger partial charge in [0.1, 0.15) is 18.0 Å². The number of aryl methyl sites for hydroxylation is 1. The molecule has 0 spiro atoms. The molecule has 0 atom stereocenters. The zero-order valence-corrected chi connectivity index (χ0v) is 15.6. The van der Waals surface area contributed by atoms with Crippen LogP contribution in [0.5, 0.6) is 5.75 Å². The van der Waals surface area contributed by atoms with E-state index in [9.17, 15) is 9.59 Å². The van der Waals surface area contributed by atoms with Crippen LogP contribution in [-0.4, -0.2) is 15.3 Å². The number of benzene rings is 1. The van der Waals surface area contributed by atoms with E-state index in [0.29, 0.717) is 29.2 Å². The summed E-state index contributed by atoms with van der Waals surface area (Å²) in [4.78, 5) is 28.8. The highest BCUT2D eigenvalue weighted by molar-refractivity contribution is 5.92. The molecule has 0 radical (unpaired) electrons. The number of carbonyl (C=O) groups is 1. The fourth-order valence-electron chi connectivity index (χ4n) is 2.78. The molecular formula is C21H23N3O3. The molecule has 3 rings (SSSR count). The van der Waals surface area contributed by atoms with Crippen LogP contribution in [0.2, 0.25) is 0 Å². The van der Waals surface area contributed by atoms with Crippen LogP contribution in [0, 0.1) is 6.92 Å². The molecule has 2 heterocycles. The molecule has 6 heteroatoms. The van der Waals surface area contributed by atoms with Gasteiger partial charge >= 0.3 is 0 Å². The van der Waals surface area contributed by atoms with E-state index >= 15 is 0 Å². The van der Waals surface area contributed by atoms with E-state index < -0.39 is 0 Å². The maximum Gasteiger partial charge on any atom is 0.258 e. The predicted octanol–water partition coefficient (Wildman–Crippen LogP) is 3.71. The molecule has 0 saturated carbocycles. The fraction of sp³-hybridized carbons (Fsp3) is 0.286. The maximum absolute atomic E-state index is 12.3. The third-order valence-corrected chi connectivity index (χ3v) is 4.23. The number of fused-ring (bicyclic) bond motifs is 1. The first kappa shape index (κ1) is 18.6. The lowest BCUT2D eigenvalue weighted by atomic mass is 10.2. The monoisotopic (exact) mass is 365 g/mol. The number of rotatable bonds is 7. The number of pyridine rings is 1. The van der Waals surface area contributed by atoms with Crippen molar-refractivity contribution in [1.29, 1.82) is 0 Å². The van der Waals surface area contributed by atoms with E-state index in [1.165, 1.54) is 10.5 Å². The number of para-hydroxylation sites is 2. The van der Waals surface area contributed by atoms with Crippen LogP contribution in [0.4, 0.5) is 5.69 Å². The van der Waals surface area contributed by atoms with Gasteiger partial charge in [-0.25, -0.2) is 4.98 Å². The van der Waals surface area contributed by atoms with Crippen LogP contribution in [0.25, 0.3) is 5.65 Å². The lowest BCUT2D eigenvalue weighted by Crippen LogP contribution is -2.17. The number of aromatic nitrogens is 2. The van der Waals surface area contributed by atoms with Crippen molar-refractivity contribution in [2.75, 3.05) is 5.32 Å². The van der Waals surface area contributed by atoms with Gasteiger partial charge in [-0.1, -0.05) is 31.5 Å². The largest absolute Gasteiger partial charge is 0.485 e. The molecular weight excluding hydrogens is 342 g/mol. The summed E-state index contributed by atoms with van der Waals surface area (Å²) in [6, 6.07) is 12.5. The van der Waals surface area contributed by atoms with Gasteiger partial charge in [0, 0.05) is 18.7 Å². The number of amides is 1. The minimum Gasteiger partial charge on any atom is -0.485 e. The Morgan fingerprint density at radius 3 is 2.85 bits per heavy atom. The number of unbranched alkanes of at least 4 members (excludes halogenated alkanes) is 1. The highest BCUT2D eigenvalue weighted by Crippen LogP contribution is 2.25. The Morgan fingerprint density at radius 1 is 1.22 bits per heavy atom. The zero-order valence-electron chi connectivity index (χ0n) is 15.6. The summed E-state index contributed by atoms with van der Waals surface area (Å²) < 4.78 is 7.36. The van der Waals surface area contributed by atoms with Crippen LogP contribution in [0.1, 0.15) is 37.4 Å². The lowest BCUT2D eigenvalue weighted by Gasteiger charge is -2.12. The Bertz CT molecular complexity index is 1010. The van der Waals surface area contributed by atoms with Crippen LogP contribution in [0.3, 0.4) is 0 Å². The van der Waals surface area contributed by atoms with E-state index in [-0.39, 0.29) is 18.1 Å². The van der Waals surface area contributed by atoms with Crippen LogP contribution >= 0.6 is 0 Å². The SMILES string of the molecule is CCCCC(=O)Nc1ccccc1OCc1cc(=O)n2cccc(C)c2n1. The summed E-state index contributed by atoms with van der Waals surface area (Å²) in [7, 11) is 0. The van der Waals surface area contributed by atoms with E-state index in [1.54, 1.807) is 18.3 Å². The molecule has 0 fully saturated rings. The molecule has 0 aliphatic rings. The Labute approximate surface area is 157 Å². The Balaban J connectivity index is 1.77. The van der Waals surface area contributed by atoms with Gasteiger partial charge in [0.15, 0.2) is 0 Å². The number of nitrogens with one attached hydrogen (secondary N) is 1. The highest BCUT2D eigenvalue weighted by Gasteiger charge is 2.09. The number of anilines is 1. The van der Waals surface area contributed by atoms with Gasteiger partial charge in [-0.05, 0) is 37.1 Å². The molecule has 0 saturated heterocycles. The zero-order chi connectivity index (χ0) is 19.2. The van der Waals surface area contributed by atoms with Gasteiger partial charge in [-0.15, -0.1) is 0 Å². The molecule has 1 aromatic carbocycles. The van der Waals surface area contributed by atoms with E-state index in [2.05, 4.69) is 10.3 Å². The Morgan fingerprint density at radius 2 is 2.04 bits per heavy atom. The highest BCUT2D eigenvalue weighted by atomic mass is 16.5. The standard InChI is InChI=1S/C21H23N3O3/c1-3-4-11-19(25)23-17-9-5-6-10-18(17)27-14-16-13-20(26)24-12-7-8-15(2)21(24)22-16/h5-10,12-13H,3-4,11,14H2,1-2H3,(H,23,25). The molecule has 0 aliphatic carbocycles. The van der Waals surface area contributed by atoms with Gasteiger partial charge in [-0.2, -0.15) is 0 Å². The topological polar surface area (TPSA) is 72.7 Å². The molecule has 6 nitrogen and oxygen atoms in total. The number of nitrogens with zero attached hydrogens (tertiary/aromatic N) is 2. The van der Waals surface area contributed by atoms with Crippen molar-refractivity contribution < 1.29 is 9.53 Å². The van der Waals surface area contributed by atoms with Gasteiger partial charge in [-0.3, -0.25) is 14.0 Å². The molecule has 0 unspecified atom stereocenters. The number of hydrogen-bond acceptors (Lipinski definition) is 4. The Kier molecular flexibility index (Phi) is 5.86. The second-order valence-corrected chi connectivity index (χ2v) is 6.41. The van der Waals surface area contributed by atoms with Gasteiger partial charge in [0.25, 0.3) is 5.56 Å². The van der Waals surface area contributed by atoms with E-state index in [0.717, 1.165) is 18.4 Å². The summed E-state index contributed by atoms with van der Waals surface area (Å²) in [6.07, 6.45) is 3.99. The van der Waals surface area contributed by atoms with Crippen LogP contribution < -0.4 is 15.6 Å². The third-order valence-electron chi connectivity index (χ3n) is 4.23. The molecule has 0 aliphatic heterocycles. The first-order valence-electron chi connectivity index (χ1n) is 9.08. The minimum atomic E-state index is -0.150. The van der Waals surface area contributed by atoms with Gasteiger partial charge in [0.2, 0.25) is 5.91 Å². The third kappa shape index (κ3) is 4.53. The van der Waals surface area contributed by atoms with Gasteiger partial charge in [0.05, 0.1) is 11.4 Å². The minimum absolute atomic E-state index is 0.0365. The van der Waals surface area contributed by atoms with Crippen molar-refractivity contribution >= 4 is 17.2 Å². The number of hydrogen-bond donors (Lipinski definition) is 1. The maximum atomic E-state index is 12.3. The summed E-state index contributed by atoms with van der Waals surface area (Å²) in [6.45, 7) is 4.10. The first-order chi connectivity index (χ1) is 13.1. The molecule has 1 N–H and O–H groups in total. The second-order valence-electron chi connectivity index (χ2n) is 6.41. The number of ether oxygens (including phenoxy) is 1. The van der Waals surface area contributed by atoms with Crippen molar-refractivity contribution in [2.24, 2.45) is 0 Å². The first-order valence-corrected chi connectivity index (χ1v) is 9.08. The lowest BCUT2D eigenvalue weighted by molar-refractivity contribution is -0.116. The van der Waals surface area contributed by atoms with Crippen LogP contribution in [-0.2, 0) is 11.4 Å². The average Bonchev–Trinajstić information content (AvgIpc) is 2.66. The normalized spacial score (nSPS) is 10.7. The van der Waals surface area contributed by atoms with E-state index in [1.807, 2.05) is 38.1 Å².